The van der Waals surface area contributed by atoms with Gasteiger partial charge in [-0.25, -0.2) is 4.79 Å². The molecule has 0 aliphatic heterocycles. The average Bonchev–Trinajstić information content (AvgIpc) is 2.70. The van der Waals surface area contributed by atoms with E-state index < -0.39 is 46.6 Å². The molecule has 156 valence electrons. The van der Waals surface area contributed by atoms with Gasteiger partial charge < -0.3 is 15.5 Å². The first-order valence-electron chi connectivity index (χ1n) is 8.41. The molecule has 3 N–H and O–H groups in total. The number of carbonyl (C=O) groups is 2. The van der Waals surface area contributed by atoms with Crippen LogP contribution in [-0.2, 0) is 26.6 Å². The minimum absolute atomic E-state index is 0.0440. The van der Waals surface area contributed by atoms with Gasteiger partial charge in [-0.05, 0) is 36.2 Å². The smallest absolute Gasteiger partial charge is 0.416 e. The van der Waals surface area contributed by atoms with Crippen molar-refractivity contribution in [3.05, 3.63) is 65.7 Å². The molecule has 10 heteroatoms. The van der Waals surface area contributed by atoms with Gasteiger partial charge in [0, 0.05) is 10.6 Å². The number of aliphatic carboxylic acids is 1. The van der Waals surface area contributed by atoms with Crippen LogP contribution >= 0.6 is 0 Å². The van der Waals surface area contributed by atoms with E-state index in [9.17, 15) is 37.2 Å². The Morgan fingerprint density at radius 1 is 1.03 bits per heavy atom. The minimum atomic E-state index is -4.56. The molecule has 0 saturated heterocycles. The van der Waals surface area contributed by atoms with Crippen molar-refractivity contribution in [3.8, 4) is 0 Å². The average molecular weight is 429 g/mol. The van der Waals surface area contributed by atoms with Crippen LogP contribution in [0.1, 0.15) is 23.7 Å². The van der Waals surface area contributed by atoms with Crippen LogP contribution in [-0.4, -0.2) is 38.1 Å². The van der Waals surface area contributed by atoms with Crippen LogP contribution in [0.5, 0.6) is 0 Å². The van der Waals surface area contributed by atoms with Crippen molar-refractivity contribution in [1.82, 2.24) is 5.32 Å². The molecule has 0 unspecified atom stereocenters. The summed E-state index contributed by atoms with van der Waals surface area (Å²) < 4.78 is 49.9. The van der Waals surface area contributed by atoms with E-state index in [0.29, 0.717) is 17.0 Å². The molecule has 2 aromatic rings. The first-order chi connectivity index (χ1) is 13.6. The van der Waals surface area contributed by atoms with Gasteiger partial charge >= 0.3 is 12.1 Å². The van der Waals surface area contributed by atoms with E-state index >= 15 is 0 Å². The van der Waals surface area contributed by atoms with E-state index in [-0.39, 0.29) is 17.7 Å². The third-order valence-electron chi connectivity index (χ3n) is 4.01. The van der Waals surface area contributed by atoms with Gasteiger partial charge in [-0.15, -0.1) is 0 Å². The quantitative estimate of drug-likeness (QED) is 0.598. The number of carbonyl (C=O) groups excluding carboxylic acids is 1. The molecule has 29 heavy (non-hydrogen) atoms. The number of aliphatic hydroxyl groups excluding tert-OH is 1. The van der Waals surface area contributed by atoms with E-state index in [0.717, 1.165) is 12.1 Å². The maximum atomic E-state index is 12.6. The third kappa shape index (κ3) is 6.40. The molecule has 0 bridgehead atoms. The predicted octanol–water partition coefficient (Wildman–Crippen LogP) is 2.51. The molecule has 6 nitrogen and oxygen atoms in total. The second-order valence-corrected chi connectivity index (χ2v) is 7.64. The molecule has 0 radical (unpaired) electrons. The maximum Gasteiger partial charge on any atom is 0.416 e. The second kappa shape index (κ2) is 9.66. The van der Waals surface area contributed by atoms with Crippen LogP contribution in [0.25, 0.3) is 0 Å². The number of hydrogen-bond acceptors (Lipinski definition) is 4. The Labute approximate surface area is 166 Å². The van der Waals surface area contributed by atoms with Gasteiger partial charge in [-0.2, -0.15) is 13.2 Å². The molecule has 1 amide bonds. The summed E-state index contributed by atoms with van der Waals surface area (Å²) in [6.07, 6.45) is -6.57. The van der Waals surface area contributed by atoms with Crippen molar-refractivity contribution in [1.29, 1.82) is 0 Å². The van der Waals surface area contributed by atoms with E-state index in [2.05, 4.69) is 5.32 Å². The van der Waals surface area contributed by atoms with Crippen LogP contribution in [0, 0.1) is 0 Å². The summed E-state index contributed by atoms with van der Waals surface area (Å²) in [6, 6.07) is 10.2. The van der Waals surface area contributed by atoms with Crippen LogP contribution in [0.2, 0.25) is 0 Å². The van der Waals surface area contributed by atoms with Crippen molar-refractivity contribution < 1.29 is 37.2 Å². The highest BCUT2D eigenvalue weighted by Gasteiger charge is 2.31. The number of alkyl halides is 3. The van der Waals surface area contributed by atoms with E-state index in [1.54, 1.807) is 30.3 Å². The lowest BCUT2D eigenvalue weighted by Gasteiger charge is -2.18. The van der Waals surface area contributed by atoms with Crippen molar-refractivity contribution in [2.24, 2.45) is 0 Å². The number of benzene rings is 2. The van der Waals surface area contributed by atoms with Crippen LogP contribution in [0.4, 0.5) is 13.2 Å². The fourth-order valence-electron chi connectivity index (χ4n) is 2.43. The zero-order valence-electron chi connectivity index (χ0n) is 14.9. The molecule has 0 aliphatic carbocycles. The summed E-state index contributed by atoms with van der Waals surface area (Å²) in [5, 5.41) is 21.4. The van der Waals surface area contributed by atoms with Crippen molar-refractivity contribution in [2.75, 3.05) is 5.75 Å². The Bertz CT molecular complexity index is 872. The molecule has 0 spiro atoms. The fourth-order valence-corrected chi connectivity index (χ4v) is 3.57. The molecule has 3 atom stereocenters. The van der Waals surface area contributed by atoms with Crippen LogP contribution in [0.15, 0.2) is 59.5 Å². The topological polar surface area (TPSA) is 104 Å². The molecule has 0 fully saturated rings. The fraction of sp³-hybridized carbons (Fsp3) is 0.263. The highest BCUT2D eigenvalue weighted by atomic mass is 32.2. The Hall–Kier alpha value is -2.72. The molecule has 2 aromatic carbocycles. The summed E-state index contributed by atoms with van der Waals surface area (Å²) in [5.74, 6) is -2.51. The van der Waals surface area contributed by atoms with E-state index in [1.165, 1.54) is 0 Å². The molecule has 0 saturated carbocycles. The number of hydrogen-bond donors (Lipinski definition) is 3. The lowest BCUT2D eigenvalue weighted by molar-refractivity contribution is -0.143. The normalized spacial score (nSPS) is 14.6. The minimum Gasteiger partial charge on any atom is -0.480 e. The van der Waals surface area contributed by atoms with Gasteiger partial charge in [0.15, 0.2) is 6.10 Å². The van der Waals surface area contributed by atoms with Crippen molar-refractivity contribution in [3.63, 3.8) is 0 Å². The lowest BCUT2D eigenvalue weighted by atomic mass is 10.1. The molecule has 0 aromatic heterocycles. The largest absolute Gasteiger partial charge is 0.480 e. The summed E-state index contributed by atoms with van der Waals surface area (Å²) in [7, 11) is -1.48. The number of carboxylic acids is 1. The Kier molecular flexibility index (Phi) is 7.52. The molecule has 2 rings (SSSR count). The third-order valence-corrected chi connectivity index (χ3v) is 5.42. The number of nitrogens with one attached hydrogen (secondary N) is 1. The second-order valence-electron chi connectivity index (χ2n) is 6.07. The number of amides is 1. The van der Waals surface area contributed by atoms with Crippen molar-refractivity contribution >= 4 is 22.7 Å². The Balaban J connectivity index is 1.99. The molecular formula is C19H18F3NO5S. The van der Waals surface area contributed by atoms with E-state index in [4.69, 9.17) is 0 Å². The van der Waals surface area contributed by atoms with Crippen LogP contribution < -0.4 is 5.32 Å². The van der Waals surface area contributed by atoms with Gasteiger partial charge in [0.25, 0.3) is 5.91 Å². The van der Waals surface area contributed by atoms with Gasteiger partial charge in [0.1, 0.15) is 6.04 Å². The van der Waals surface area contributed by atoms with Gasteiger partial charge in [-0.3, -0.25) is 9.00 Å². The van der Waals surface area contributed by atoms with Gasteiger partial charge in [0.2, 0.25) is 0 Å². The molecule has 0 aliphatic rings. The highest BCUT2D eigenvalue weighted by molar-refractivity contribution is 7.85. The molecule has 0 heterocycles. The zero-order valence-corrected chi connectivity index (χ0v) is 15.7. The van der Waals surface area contributed by atoms with Gasteiger partial charge in [0.05, 0.1) is 16.4 Å². The standard InChI is InChI=1S/C19H18F3NO5S/c20-19(21,22)13-8-6-12(7-9-13)16(24)17(25)23-15(18(26)27)10-11-29(28)14-4-2-1-3-5-14/h1-9,15-16,24H,10-11H2,(H,23,25)(H,26,27)/t15-,16+,29-/m0/s1. The summed E-state index contributed by atoms with van der Waals surface area (Å²) in [4.78, 5) is 24.0. The number of halogens is 3. The van der Waals surface area contributed by atoms with Crippen molar-refractivity contribution in [2.45, 2.75) is 29.6 Å². The summed E-state index contributed by atoms with van der Waals surface area (Å²) in [5.41, 5.74) is -1.06. The SMILES string of the molecule is O=C(O)[C@H](CC[S@](=O)c1ccccc1)NC(=O)[C@H](O)c1ccc(C(F)(F)F)cc1. The number of rotatable bonds is 8. The van der Waals surface area contributed by atoms with E-state index in [1.807, 2.05) is 0 Å². The first-order valence-corrected chi connectivity index (χ1v) is 9.73. The summed E-state index contributed by atoms with van der Waals surface area (Å²) >= 11 is 0. The highest BCUT2D eigenvalue weighted by Crippen LogP contribution is 2.30. The Morgan fingerprint density at radius 3 is 2.14 bits per heavy atom. The monoisotopic (exact) mass is 429 g/mol. The Morgan fingerprint density at radius 2 is 1.62 bits per heavy atom. The molecular weight excluding hydrogens is 411 g/mol. The first kappa shape index (κ1) is 22.6. The predicted molar refractivity (Wildman–Crippen MR) is 98.3 cm³/mol. The maximum absolute atomic E-state index is 12.6. The number of aliphatic hydroxyl groups is 1. The zero-order chi connectivity index (χ0) is 21.6. The lowest BCUT2D eigenvalue weighted by Crippen LogP contribution is -2.43. The van der Waals surface area contributed by atoms with Crippen LogP contribution in [0.3, 0.4) is 0 Å². The van der Waals surface area contributed by atoms with Gasteiger partial charge in [-0.1, -0.05) is 30.3 Å². The number of carboxylic acid groups (broad SMARTS) is 1. The summed E-state index contributed by atoms with van der Waals surface area (Å²) in [6.45, 7) is 0.